The molecule has 0 amide bonds. The van der Waals surface area contributed by atoms with Gasteiger partial charge in [-0.3, -0.25) is 4.79 Å². The topological polar surface area (TPSA) is 69.4 Å². The molecule has 4 nitrogen and oxygen atoms in total. The summed E-state index contributed by atoms with van der Waals surface area (Å²) in [6.07, 6.45) is 0.986. The van der Waals surface area contributed by atoms with Gasteiger partial charge in [0.05, 0.1) is 0 Å². The molecule has 1 rings (SSSR count). The molecular weight excluding hydrogens is 254 g/mol. The fourth-order valence-electron chi connectivity index (χ4n) is 1.35. The number of nitrogens with two attached hydrogens (primary N) is 1. The zero-order valence-corrected chi connectivity index (χ0v) is 11.1. The lowest BCUT2D eigenvalue weighted by Crippen LogP contribution is -2.39. The van der Waals surface area contributed by atoms with E-state index in [9.17, 15) is 9.59 Å². The third-order valence-electron chi connectivity index (χ3n) is 2.32. The van der Waals surface area contributed by atoms with Crippen molar-refractivity contribution in [3.63, 3.8) is 0 Å². The normalized spacial score (nSPS) is 11.2. The summed E-state index contributed by atoms with van der Waals surface area (Å²) in [6, 6.07) is 8.11. The van der Waals surface area contributed by atoms with Gasteiger partial charge in [-0.2, -0.15) is 0 Å². The van der Waals surface area contributed by atoms with E-state index in [4.69, 9.17) is 10.5 Å². The van der Waals surface area contributed by atoms with E-state index < -0.39 is 12.0 Å². The highest BCUT2D eigenvalue weighted by molar-refractivity contribution is 6.02. The van der Waals surface area contributed by atoms with Crippen molar-refractivity contribution in [2.45, 2.75) is 32.4 Å². The summed E-state index contributed by atoms with van der Waals surface area (Å²) in [6.45, 7) is 2.01. The lowest BCUT2D eigenvalue weighted by Gasteiger charge is -2.10. The Bertz CT molecular complexity index is 381. The number of hydrogen-bond donors (Lipinski definition) is 1. The van der Waals surface area contributed by atoms with Gasteiger partial charge >= 0.3 is 5.97 Å². The van der Waals surface area contributed by atoms with Crippen LogP contribution >= 0.6 is 12.4 Å². The molecule has 100 valence electrons. The van der Waals surface area contributed by atoms with E-state index in [-0.39, 0.29) is 24.8 Å². The molecule has 2 N–H and O–H groups in total. The fraction of sp³-hybridized carbons (Fsp3) is 0.385. The van der Waals surface area contributed by atoms with Crippen LogP contribution in [0.3, 0.4) is 0 Å². The SMILES string of the molecule is CCCC(=O)C(N)C(=O)OCc1ccccc1.Cl. The van der Waals surface area contributed by atoms with Crippen molar-refractivity contribution in [2.24, 2.45) is 5.73 Å². The molecule has 0 bridgehead atoms. The number of ketones is 1. The van der Waals surface area contributed by atoms with Gasteiger partial charge in [0.2, 0.25) is 0 Å². The first-order valence-electron chi connectivity index (χ1n) is 5.64. The number of esters is 1. The monoisotopic (exact) mass is 271 g/mol. The van der Waals surface area contributed by atoms with Crippen molar-refractivity contribution in [2.75, 3.05) is 0 Å². The Labute approximate surface area is 113 Å². The van der Waals surface area contributed by atoms with Crippen LogP contribution in [0.25, 0.3) is 0 Å². The first-order valence-corrected chi connectivity index (χ1v) is 5.64. The molecule has 0 fully saturated rings. The number of benzene rings is 1. The molecule has 0 heterocycles. The van der Waals surface area contributed by atoms with Gasteiger partial charge in [0, 0.05) is 6.42 Å². The molecule has 0 spiro atoms. The molecular formula is C13H18ClNO3. The van der Waals surface area contributed by atoms with Crippen LogP contribution in [0.5, 0.6) is 0 Å². The zero-order chi connectivity index (χ0) is 12.7. The highest BCUT2D eigenvalue weighted by atomic mass is 35.5. The van der Waals surface area contributed by atoms with E-state index in [2.05, 4.69) is 0 Å². The van der Waals surface area contributed by atoms with Crippen LogP contribution in [0.4, 0.5) is 0 Å². The first kappa shape index (κ1) is 16.6. The smallest absolute Gasteiger partial charge is 0.331 e. The molecule has 1 unspecified atom stereocenters. The second-order valence-corrected chi connectivity index (χ2v) is 3.79. The number of carbonyl (C=O) groups excluding carboxylic acids is 2. The van der Waals surface area contributed by atoms with Crippen molar-refractivity contribution < 1.29 is 14.3 Å². The van der Waals surface area contributed by atoms with Gasteiger partial charge < -0.3 is 10.5 Å². The summed E-state index contributed by atoms with van der Waals surface area (Å²) in [5, 5.41) is 0. The van der Waals surface area contributed by atoms with E-state index in [0.717, 1.165) is 5.56 Å². The fourth-order valence-corrected chi connectivity index (χ4v) is 1.35. The second kappa shape index (κ2) is 8.66. The minimum atomic E-state index is -1.15. The molecule has 0 radical (unpaired) electrons. The average Bonchev–Trinajstić information content (AvgIpc) is 2.36. The first-order chi connectivity index (χ1) is 8.15. The number of carbonyl (C=O) groups is 2. The standard InChI is InChI=1S/C13H17NO3.ClH/c1-2-6-11(15)12(14)13(16)17-9-10-7-4-3-5-8-10;/h3-5,7-8,12H,2,6,9,14H2,1H3;1H. The Morgan fingerprint density at radius 2 is 1.89 bits per heavy atom. The van der Waals surface area contributed by atoms with Crippen LogP contribution in [0.15, 0.2) is 30.3 Å². The second-order valence-electron chi connectivity index (χ2n) is 3.79. The molecule has 1 atom stereocenters. The van der Waals surface area contributed by atoms with Gasteiger partial charge in [-0.15, -0.1) is 12.4 Å². The Balaban J connectivity index is 0.00000289. The quantitative estimate of drug-likeness (QED) is 0.633. The summed E-state index contributed by atoms with van der Waals surface area (Å²) in [4.78, 5) is 22.8. The molecule has 0 aliphatic rings. The molecule has 1 aromatic carbocycles. The lowest BCUT2D eigenvalue weighted by atomic mass is 10.1. The summed E-state index contributed by atoms with van der Waals surface area (Å²) < 4.78 is 4.97. The molecule has 5 heteroatoms. The predicted octanol–water partition coefficient (Wildman–Crippen LogP) is 1.85. The summed E-state index contributed by atoms with van der Waals surface area (Å²) in [5.74, 6) is -0.933. The Kier molecular flexibility index (Phi) is 8.00. The van der Waals surface area contributed by atoms with Gasteiger partial charge in [-0.1, -0.05) is 37.3 Å². The molecule has 0 aromatic heterocycles. The van der Waals surface area contributed by atoms with E-state index in [1.165, 1.54) is 0 Å². The third-order valence-corrected chi connectivity index (χ3v) is 2.32. The van der Waals surface area contributed by atoms with Crippen molar-refractivity contribution in [3.8, 4) is 0 Å². The van der Waals surface area contributed by atoms with Gasteiger partial charge in [-0.05, 0) is 12.0 Å². The van der Waals surface area contributed by atoms with Crippen LogP contribution in [0, 0.1) is 0 Å². The lowest BCUT2D eigenvalue weighted by molar-refractivity contribution is -0.149. The number of ether oxygens (including phenoxy) is 1. The van der Waals surface area contributed by atoms with E-state index in [1.807, 2.05) is 37.3 Å². The van der Waals surface area contributed by atoms with Crippen LogP contribution < -0.4 is 5.73 Å². The molecule has 0 saturated carbocycles. The molecule has 0 aliphatic carbocycles. The highest BCUT2D eigenvalue weighted by Gasteiger charge is 2.22. The van der Waals surface area contributed by atoms with E-state index >= 15 is 0 Å². The summed E-state index contributed by atoms with van der Waals surface area (Å²) >= 11 is 0. The Morgan fingerprint density at radius 1 is 1.28 bits per heavy atom. The Hall–Kier alpha value is -1.39. The average molecular weight is 272 g/mol. The van der Waals surface area contributed by atoms with Crippen molar-refractivity contribution in [1.29, 1.82) is 0 Å². The zero-order valence-electron chi connectivity index (χ0n) is 10.3. The molecule has 18 heavy (non-hydrogen) atoms. The van der Waals surface area contributed by atoms with Crippen molar-refractivity contribution in [1.82, 2.24) is 0 Å². The number of rotatable bonds is 6. The van der Waals surface area contributed by atoms with Gasteiger partial charge in [0.1, 0.15) is 6.61 Å². The van der Waals surface area contributed by atoms with Crippen molar-refractivity contribution in [3.05, 3.63) is 35.9 Å². The molecule has 0 aliphatic heterocycles. The third kappa shape index (κ3) is 5.29. The Morgan fingerprint density at radius 3 is 2.44 bits per heavy atom. The van der Waals surface area contributed by atoms with Gasteiger partial charge in [0.25, 0.3) is 0 Å². The van der Waals surface area contributed by atoms with Gasteiger partial charge in [-0.25, -0.2) is 4.79 Å². The molecule has 0 saturated heterocycles. The van der Waals surface area contributed by atoms with E-state index in [1.54, 1.807) is 0 Å². The summed E-state index contributed by atoms with van der Waals surface area (Å²) in [7, 11) is 0. The largest absolute Gasteiger partial charge is 0.459 e. The maximum Gasteiger partial charge on any atom is 0.331 e. The van der Waals surface area contributed by atoms with Crippen LogP contribution in [0.1, 0.15) is 25.3 Å². The van der Waals surface area contributed by atoms with Crippen molar-refractivity contribution >= 4 is 24.2 Å². The van der Waals surface area contributed by atoms with Gasteiger partial charge in [0.15, 0.2) is 11.8 Å². The predicted molar refractivity (Wildman–Crippen MR) is 71.4 cm³/mol. The maximum absolute atomic E-state index is 11.5. The maximum atomic E-state index is 11.5. The number of Topliss-reactive ketones (excluding diaryl/α,β-unsaturated/α-hetero) is 1. The number of halogens is 1. The van der Waals surface area contributed by atoms with Crippen LogP contribution in [-0.2, 0) is 20.9 Å². The van der Waals surface area contributed by atoms with Crippen LogP contribution in [-0.4, -0.2) is 17.8 Å². The minimum Gasteiger partial charge on any atom is -0.459 e. The minimum absolute atomic E-state index is 0. The number of hydrogen-bond acceptors (Lipinski definition) is 4. The van der Waals surface area contributed by atoms with Crippen LogP contribution in [0.2, 0.25) is 0 Å². The van der Waals surface area contributed by atoms with E-state index in [0.29, 0.717) is 12.8 Å². The molecule has 1 aromatic rings. The highest BCUT2D eigenvalue weighted by Crippen LogP contribution is 2.02. The summed E-state index contributed by atoms with van der Waals surface area (Å²) in [5.41, 5.74) is 6.36.